The first kappa shape index (κ1) is 13.6. The van der Waals surface area contributed by atoms with E-state index in [2.05, 4.69) is 4.90 Å². The summed E-state index contributed by atoms with van der Waals surface area (Å²) in [6.07, 6.45) is 4.21. The zero-order valence-electron chi connectivity index (χ0n) is 12.0. The number of nitrogens with zero attached hydrogens (tertiary/aromatic N) is 2. The van der Waals surface area contributed by atoms with Gasteiger partial charge in [0, 0.05) is 19.1 Å². The van der Waals surface area contributed by atoms with Gasteiger partial charge in [-0.25, -0.2) is 0 Å². The molecule has 1 saturated carbocycles. The summed E-state index contributed by atoms with van der Waals surface area (Å²) in [5.74, 6) is 1.14. The fourth-order valence-corrected chi connectivity index (χ4v) is 2.68. The molecule has 5 nitrogen and oxygen atoms in total. The summed E-state index contributed by atoms with van der Waals surface area (Å²) in [7, 11) is 0. The van der Waals surface area contributed by atoms with Gasteiger partial charge in [0.15, 0.2) is 0 Å². The van der Waals surface area contributed by atoms with Crippen LogP contribution in [0, 0.1) is 0 Å². The van der Waals surface area contributed by atoms with Crippen molar-refractivity contribution in [1.82, 2.24) is 9.80 Å². The first-order chi connectivity index (χ1) is 9.72. The maximum absolute atomic E-state index is 12.4. The highest BCUT2D eigenvalue weighted by Gasteiger charge is 2.32. The van der Waals surface area contributed by atoms with E-state index in [9.17, 15) is 4.79 Å². The quantitative estimate of drug-likeness (QED) is 0.818. The molecule has 2 fully saturated rings. The van der Waals surface area contributed by atoms with Crippen molar-refractivity contribution in [3.05, 3.63) is 24.2 Å². The maximum Gasteiger partial charge on any atom is 0.236 e. The third-order valence-electron chi connectivity index (χ3n) is 3.93. The normalized spacial score (nSPS) is 23.3. The van der Waals surface area contributed by atoms with Crippen LogP contribution in [0.2, 0.25) is 0 Å². The molecule has 3 rings (SSSR count). The van der Waals surface area contributed by atoms with Crippen molar-refractivity contribution >= 4 is 5.91 Å². The van der Waals surface area contributed by atoms with E-state index in [1.807, 2.05) is 24.0 Å². The number of rotatable bonds is 5. The SMILES string of the molecule is C[C@@H]1CN(C(=O)CN(Cc2ccco2)C2CC2)CCO1. The topological polar surface area (TPSA) is 45.9 Å². The van der Waals surface area contributed by atoms with Crippen molar-refractivity contribution in [2.75, 3.05) is 26.2 Å². The molecule has 1 aliphatic heterocycles. The molecule has 5 heteroatoms. The van der Waals surface area contributed by atoms with Crippen LogP contribution < -0.4 is 0 Å². The van der Waals surface area contributed by atoms with E-state index in [0.717, 1.165) is 12.3 Å². The monoisotopic (exact) mass is 278 g/mol. The van der Waals surface area contributed by atoms with Gasteiger partial charge < -0.3 is 14.1 Å². The summed E-state index contributed by atoms with van der Waals surface area (Å²) in [5, 5.41) is 0. The summed E-state index contributed by atoms with van der Waals surface area (Å²) < 4.78 is 10.9. The highest BCUT2D eigenvalue weighted by molar-refractivity contribution is 5.78. The second-order valence-corrected chi connectivity index (χ2v) is 5.74. The lowest BCUT2D eigenvalue weighted by molar-refractivity contribution is -0.139. The number of hydrogen-bond donors (Lipinski definition) is 0. The molecule has 0 spiro atoms. The van der Waals surface area contributed by atoms with E-state index in [4.69, 9.17) is 9.15 Å². The summed E-state index contributed by atoms with van der Waals surface area (Å²) in [4.78, 5) is 16.6. The summed E-state index contributed by atoms with van der Waals surface area (Å²) in [6, 6.07) is 4.41. The van der Waals surface area contributed by atoms with Crippen LogP contribution in [0.25, 0.3) is 0 Å². The third-order valence-corrected chi connectivity index (χ3v) is 3.93. The summed E-state index contributed by atoms with van der Waals surface area (Å²) in [5.41, 5.74) is 0. The zero-order valence-corrected chi connectivity index (χ0v) is 12.0. The van der Waals surface area contributed by atoms with Gasteiger partial charge in [-0.1, -0.05) is 0 Å². The second-order valence-electron chi connectivity index (χ2n) is 5.74. The second kappa shape index (κ2) is 5.97. The van der Waals surface area contributed by atoms with Crippen molar-refractivity contribution in [3.63, 3.8) is 0 Å². The highest BCUT2D eigenvalue weighted by atomic mass is 16.5. The zero-order chi connectivity index (χ0) is 13.9. The summed E-state index contributed by atoms with van der Waals surface area (Å²) in [6.45, 7) is 5.29. The standard InChI is InChI=1S/C15H22N2O3/c1-12-9-16(6-8-19-12)15(18)11-17(13-4-5-13)10-14-3-2-7-20-14/h2-3,7,12-13H,4-6,8-11H2,1H3/t12-/m1/s1. The average molecular weight is 278 g/mol. The highest BCUT2D eigenvalue weighted by Crippen LogP contribution is 2.28. The Balaban J connectivity index is 1.57. The minimum atomic E-state index is 0.146. The van der Waals surface area contributed by atoms with E-state index >= 15 is 0 Å². The van der Waals surface area contributed by atoms with E-state index in [-0.39, 0.29) is 12.0 Å². The van der Waals surface area contributed by atoms with Gasteiger partial charge in [-0.05, 0) is 31.9 Å². The molecule has 0 bridgehead atoms. The first-order valence-electron chi connectivity index (χ1n) is 7.38. The number of carbonyl (C=O) groups is 1. The molecular formula is C15H22N2O3. The Hall–Kier alpha value is -1.33. The minimum absolute atomic E-state index is 0.146. The van der Waals surface area contributed by atoms with Crippen LogP contribution >= 0.6 is 0 Å². The minimum Gasteiger partial charge on any atom is -0.468 e. The molecule has 1 amide bonds. The molecule has 20 heavy (non-hydrogen) atoms. The fraction of sp³-hybridized carbons (Fsp3) is 0.667. The van der Waals surface area contributed by atoms with Gasteiger partial charge in [0.25, 0.3) is 0 Å². The lowest BCUT2D eigenvalue weighted by Crippen LogP contribution is -2.48. The fourth-order valence-electron chi connectivity index (χ4n) is 2.68. The lowest BCUT2D eigenvalue weighted by atomic mass is 10.3. The van der Waals surface area contributed by atoms with Gasteiger partial charge in [-0.2, -0.15) is 0 Å². The van der Waals surface area contributed by atoms with Crippen molar-refractivity contribution in [2.24, 2.45) is 0 Å². The maximum atomic E-state index is 12.4. The van der Waals surface area contributed by atoms with E-state index < -0.39 is 0 Å². The van der Waals surface area contributed by atoms with Crippen molar-refractivity contribution in [2.45, 2.75) is 38.5 Å². The number of amides is 1. The van der Waals surface area contributed by atoms with Crippen LogP contribution in [0.4, 0.5) is 0 Å². The molecule has 2 heterocycles. The van der Waals surface area contributed by atoms with Crippen LogP contribution in [0.5, 0.6) is 0 Å². The Morgan fingerprint density at radius 2 is 2.35 bits per heavy atom. The Bertz CT molecular complexity index is 442. The molecule has 1 saturated heterocycles. The van der Waals surface area contributed by atoms with E-state index in [0.29, 0.717) is 32.3 Å². The van der Waals surface area contributed by atoms with Gasteiger partial charge in [-0.3, -0.25) is 9.69 Å². The third kappa shape index (κ3) is 3.41. The largest absolute Gasteiger partial charge is 0.468 e. The van der Waals surface area contributed by atoms with Crippen LogP contribution in [0.3, 0.4) is 0 Å². The Morgan fingerprint density at radius 1 is 1.50 bits per heavy atom. The van der Waals surface area contributed by atoms with Gasteiger partial charge in [0.2, 0.25) is 5.91 Å². The molecule has 110 valence electrons. The number of ether oxygens (including phenoxy) is 1. The van der Waals surface area contributed by atoms with Crippen LogP contribution in [0.15, 0.2) is 22.8 Å². The lowest BCUT2D eigenvalue weighted by Gasteiger charge is -2.33. The van der Waals surface area contributed by atoms with Crippen molar-refractivity contribution < 1.29 is 13.9 Å². The first-order valence-corrected chi connectivity index (χ1v) is 7.38. The smallest absolute Gasteiger partial charge is 0.236 e. The number of hydrogen-bond acceptors (Lipinski definition) is 4. The van der Waals surface area contributed by atoms with Gasteiger partial charge in [0.05, 0.1) is 32.1 Å². The van der Waals surface area contributed by atoms with Crippen molar-refractivity contribution in [1.29, 1.82) is 0 Å². The predicted octanol–water partition coefficient (Wildman–Crippen LogP) is 1.49. The molecule has 0 radical (unpaired) electrons. The molecular weight excluding hydrogens is 256 g/mol. The number of furan rings is 1. The predicted molar refractivity (Wildman–Crippen MR) is 74.1 cm³/mol. The van der Waals surface area contributed by atoms with Crippen LogP contribution in [-0.2, 0) is 16.1 Å². The molecule has 2 aliphatic rings. The van der Waals surface area contributed by atoms with E-state index in [1.54, 1.807) is 6.26 Å². The molecule has 0 aromatic carbocycles. The number of morpholine rings is 1. The molecule has 1 aliphatic carbocycles. The molecule has 0 N–H and O–H groups in total. The van der Waals surface area contributed by atoms with E-state index in [1.165, 1.54) is 12.8 Å². The molecule has 1 aromatic heterocycles. The Morgan fingerprint density at radius 3 is 3.00 bits per heavy atom. The van der Waals surface area contributed by atoms with Crippen LogP contribution in [0.1, 0.15) is 25.5 Å². The molecule has 1 aromatic rings. The summed E-state index contributed by atoms with van der Waals surface area (Å²) >= 11 is 0. The van der Waals surface area contributed by atoms with Gasteiger partial charge in [0.1, 0.15) is 5.76 Å². The van der Waals surface area contributed by atoms with Crippen LogP contribution in [-0.4, -0.2) is 54.1 Å². The molecule has 1 atom stereocenters. The Labute approximate surface area is 119 Å². The Kier molecular flexibility index (Phi) is 4.08. The van der Waals surface area contributed by atoms with Gasteiger partial charge >= 0.3 is 0 Å². The van der Waals surface area contributed by atoms with Crippen molar-refractivity contribution in [3.8, 4) is 0 Å². The van der Waals surface area contributed by atoms with Gasteiger partial charge in [-0.15, -0.1) is 0 Å². The molecule has 0 unspecified atom stereocenters. The number of carbonyl (C=O) groups excluding carboxylic acids is 1. The average Bonchev–Trinajstić information content (AvgIpc) is 3.16.